The highest BCUT2D eigenvalue weighted by molar-refractivity contribution is 6.13. The maximum atomic E-state index is 5.71. The van der Waals surface area contributed by atoms with Crippen LogP contribution in [0.5, 0.6) is 0 Å². The van der Waals surface area contributed by atoms with Gasteiger partial charge in [-0.25, -0.2) is 0 Å². The number of aliphatic imine (C=N–C) groups is 1. The molecule has 0 amide bonds. The van der Waals surface area contributed by atoms with Gasteiger partial charge in [-0.3, -0.25) is 9.98 Å². The molecule has 0 atom stereocenters. The summed E-state index contributed by atoms with van der Waals surface area (Å²) >= 11 is 0. The monoisotopic (exact) mass is 392 g/mol. The summed E-state index contributed by atoms with van der Waals surface area (Å²) < 4.78 is 11.2. The summed E-state index contributed by atoms with van der Waals surface area (Å²) in [4.78, 5) is 8.98. The molecule has 1 aromatic heterocycles. The topological polar surface area (TPSA) is 43.7 Å². The Kier molecular flexibility index (Phi) is 7.49. The normalized spacial score (nSPS) is 20.4. The van der Waals surface area contributed by atoms with E-state index < -0.39 is 0 Å². The van der Waals surface area contributed by atoms with E-state index in [1.165, 1.54) is 11.1 Å². The first-order valence-electron chi connectivity index (χ1n) is 8.40. The molecule has 2 aliphatic heterocycles. The fourth-order valence-electron chi connectivity index (χ4n) is 3.18. The van der Waals surface area contributed by atoms with Gasteiger partial charge in [0.25, 0.3) is 0 Å². The molecule has 0 N–H and O–H groups in total. The third-order valence-corrected chi connectivity index (χ3v) is 4.32. The third kappa shape index (κ3) is 4.57. The first-order chi connectivity index (χ1) is 11.9. The van der Waals surface area contributed by atoms with Gasteiger partial charge in [-0.05, 0) is 42.2 Å². The van der Waals surface area contributed by atoms with Gasteiger partial charge >= 0.3 is 0 Å². The van der Waals surface area contributed by atoms with E-state index in [0.29, 0.717) is 13.2 Å². The quantitative estimate of drug-likeness (QED) is 0.739. The molecule has 26 heavy (non-hydrogen) atoms. The van der Waals surface area contributed by atoms with E-state index in [2.05, 4.69) is 23.2 Å². The summed E-state index contributed by atoms with van der Waals surface area (Å²) in [6.07, 6.45) is 14.9. The SMILES string of the molecule is C1=C(C=C2CCCN=C2c2cccnc2)CC2=COCCOC2=C1.Cl.Cl. The van der Waals surface area contributed by atoms with Gasteiger partial charge in [-0.1, -0.05) is 12.2 Å². The fraction of sp³-hybridized carbons (Fsp3) is 0.300. The van der Waals surface area contributed by atoms with Crippen molar-refractivity contribution in [2.75, 3.05) is 19.8 Å². The number of nitrogens with zero attached hydrogens (tertiary/aromatic N) is 2. The lowest BCUT2D eigenvalue weighted by Gasteiger charge is -2.19. The largest absolute Gasteiger partial charge is 0.497 e. The summed E-state index contributed by atoms with van der Waals surface area (Å²) in [7, 11) is 0. The highest BCUT2D eigenvalue weighted by Gasteiger charge is 2.18. The Morgan fingerprint density at radius 1 is 1.12 bits per heavy atom. The lowest BCUT2D eigenvalue weighted by atomic mass is 9.91. The minimum absolute atomic E-state index is 0. The molecular weight excluding hydrogens is 371 g/mol. The van der Waals surface area contributed by atoms with E-state index in [4.69, 9.17) is 14.5 Å². The van der Waals surface area contributed by atoms with Gasteiger partial charge < -0.3 is 9.47 Å². The Morgan fingerprint density at radius 3 is 2.88 bits per heavy atom. The van der Waals surface area contributed by atoms with Crippen molar-refractivity contribution in [1.82, 2.24) is 4.98 Å². The molecule has 0 saturated heterocycles. The molecule has 0 unspecified atom stereocenters. The number of ether oxygens (including phenoxy) is 2. The first kappa shape index (κ1) is 20.3. The minimum atomic E-state index is 0. The van der Waals surface area contributed by atoms with Crippen molar-refractivity contribution in [3.05, 3.63) is 77.1 Å². The molecule has 0 spiro atoms. The van der Waals surface area contributed by atoms with Crippen molar-refractivity contribution in [2.24, 2.45) is 4.99 Å². The van der Waals surface area contributed by atoms with Crippen molar-refractivity contribution >= 4 is 30.5 Å². The van der Waals surface area contributed by atoms with Crippen LogP contribution in [0.15, 0.2) is 76.5 Å². The van der Waals surface area contributed by atoms with Crippen LogP contribution in [0.25, 0.3) is 0 Å². The third-order valence-electron chi connectivity index (χ3n) is 4.32. The van der Waals surface area contributed by atoms with Crippen LogP contribution in [-0.4, -0.2) is 30.5 Å². The van der Waals surface area contributed by atoms with Gasteiger partial charge in [0, 0.05) is 36.5 Å². The van der Waals surface area contributed by atoms with Gasteiger partial charge in [-0.15, -0.1) is 24.8 Å². The highest BCUT2D eigenvalue weighted by Crippen LogP contribution is 2.30. The molecule has 4 nitrogen and oxygen atoms in total. The Labute approximate surface area is 166 Å². The fourth-order valence-corrected chi connectivity index (χ4v) is 3.18. The number of rotatable bonds is 2. The van der Waals surface area contributed by atoms with Crippen LogP contribution in [0.2, 0.25) is 0 Å². The molecule has 1 aliphatic carbocycles. The second kappa shape index (κ2) is 9.60. The average Bonchev–Trinajstić information content (AvgIpc) is 2.88. The van der Waals surface area contributed by atoms with E-state index in [1.807, 2.05) is 24.6 Å². The minimum Gasteiger partial charge on any atom is -0.497 e. The van der Waals surface area contributed by atoms with Gasteiger partial charge in [0.2, 0.25) is 0 Å². The Hall–Kier alpha value is -2.04. The lowest BCUT2D eigenvalue weighted by Crippen LogP contribution is -2.12. The van der Waals surface area contributed by atoms with Crippen molar-refractivity contribution in [3.63, 3.8) is 0 Å². The second-order valence-corrected chi connectivity index (χ2v) is 6.06. The Morgan fingerprint density at radius 2 is 2.04 bits per heavy atom. The number of fused-ring (bicyclic) bond motifs is 1. The van der Waals surface area contributed by atoms with Gasteiger partial charge in [0.1, 0.15) is 19.0 Å². The lowest BCUT2D eigenvalue weighted by molar-refractivity contribution is 0.152. The summed E-state index contributed by atoms with van der Waals surface area (Å²) in [5, 5.41) is 0. The van der Waals surface area contributed by atoms with Crippen molar-refractivity contribution in [3.8, 4) is 0 Å². The second-order valence-electron chi connectivity index (χ2n) is 6.06. The average molecular weight is 393 g/mol. The molecule has 138 valence electrons. The van der Waals surface area contributed by atoms with E-state index in [9.17, 15) is 0 Å². The molecule has 0 saturated carbocycles. The first-order valence-corrected chi connectivity index (χ1v) is 8.40. The van der Waals surface area contributed by atoms with Gasteiger partial charge in [0.05, 0.1) is 12.0 Å². The molecule has 6 heteroatoms. The van der Waals surface area contributed by atoms with Crippen LogP contribution in [0.1, 0.15) is 24.8 Å². The van der Waals surface area contributed by atoms with Crippen LogP contribution in [0, 0.1) is 0 Å². The van der Waals surface area contributed by atoms with E-state index in [0.717, 1.165) is 48.4 Å². The van der Waals surface area contributed by atoms with Crippen molar-refractivity contribution in [1.29, 1.82) is 0 Å². The standard InChI is InChI=1S/C20H20N2O2.2ClH/c1-4-17(13-21-7-1)20-16(3-2-8-22-20)11-15-5-6-19-18(12-15)14-23-9-10-24-19;;/h1,4-7,11,13-14H,2-3,8-10,12H2;2*1H. The number of hydrogen-bond acceptors (Lipinski definition) is 4. The Balaban J connectivity index is 0.00000121. The smallest absolute Gasteiger partial charge is 0.126 e. The van der Waals surface area contributed by atoms with Gasteiger partial charge in [-0.2, -0.15) is 0 Å². The molecule has 4 rings (SSSR count). The molecule has 0 aromatic carbocycles. The van der Waals surface area contributed by atoms with Crippen LogP contribution in [0.3, 0.4) is 0 Å². The van der Waals surface area contributed by atoms with Crippen LogP contribution in [-0.2, 0) is 9.47 Å². The molecule has 3 heterocycles. The van der Waals surface area contributed by atoms with E-state index >= 15 is 0 Å². The van der Waals surface area contributed by atoms with Crippen molar-refractivity contribution < 1.29 is 9.47 Å². The molecule has 1 aromatic rings. The predicted octanol–water partition coefficient (Wildman–Crippen LogP) is 4.58. The van der Waals surface area contributed by atoms with E-state index in [1.54, 1.807) is 6.20 Å². The number of aromatic nitrogens is 1. The van der Waals surface area contributed by atoms with Gasteiger partial charge in [0.15, 0.2) is 0 Å². The molecule has 3 aliphatic rings. The molecule has 0 radical (unpaired) electrons. The number of allylic oxidation sites excluding steroid dienone is 6. The summed E-state index contributed by atoms with van der Waals surface area (Å²) in [6.45, 7) is 2.10. The zero-order chi connectivity index (χ0) is 16.2. The molecule has 0 bridgehead atoms. The maximum Gasteiger partial charge on any atom is 0.126 e. The Bertz CT molecular complexity index is 780. The zero-order valence-corrected chi connectivity index (χ0v) is 16.0. The van der Waals surface area contributed by atoms with Crippen LogP contribution < -0.4 is 0 Å². The zero-order valence-electron chi connectivity index (χ0n) is 14.4. The number of pyridine rings is 1. The maximum absolute atomic E-state index is 5.71. The number of halogens is 2. The summed E-state index contributed by atoms with van der Waals surface area (Å²) in [6, 6.07) is 4.04. The summed E-state index contributed by atoms with van der Waals surface area (Å²) in [5.74, 6) is 0.930. The number of hydrogen-bond donors (Lipinski definition) is 0. The molecule has 0 fully saturated rings. The summed E-state index contributed by atoms with van der Waals surface area (Å²) in [5.41, 5.74) is 5.82. The predicted molar refractivity (Wildman–Crippen MR) is 108 cm³/mol. The van der Waals surface area contributed by atoms with Crippen molar-refractivity contribution in [2.45, 2.75) is 19.3 Å². The van der Waals surface area contributed by atoms with E-state index in [-0.39, 0.29) is 24.8 Å². The molecular formula is C20H22Cl2N2O2. The van der Waals surface area contributed by atoms with Crippen LogP contribution >= 0.6 is 24.8 Å². The highest BCUT2D eigenvalue weighted by atomic mass is 35.5. The van der Waals surface area contributed by atoms with Crippen LogP contribution in [0.4, 0.5) is 0 Å².